The second-order valence-corrected chi connectivity index (χ2v) is 16.5. The molecule has 27 heteroatoms. The average molecular weight is 1160 g/mol. The molecule has 404 valence electrons. The van der Waals surface area contributed by atoms with Gasteiger partial charge in [0, 0.05) is 93.0 Å². The van der Waals surface area contributed by atoms with Crippen LogP contribution in [0.15, 0.2) is 70.5 Å². The Morgan fingerprint density at radius 2 is 1.13 bits per heavy atom. The number of ketones is 2. The summed E-state index contributed by atoms with van der Waals surface area (Å²) in [7, 11) is 0. The van der Waals surface area contributed by atoms with Gasteiger partial charge in [-0.05, 0) is 74.0 Å². The number of carbonyl (C=O) groups is 5. The number of halogens is 2. The molecule has 4 aliphatic heterocycles. The molecule has 0 saturated carbocycles. The Labute approximate surface area is 472 Å². The van der Waals surface area contributed by atoms with Crippen molar-refractivity contribution >= 4 is 90.5 Å². The van der Waals surface area contributed by atoms with E-state index in [0.717, 1.165) is 10.8 Å². The number of nitrogens with zero attached hydrogens (tertiary/aromatic N) is 8. The number of nitrogens with two attached hydrogens (primary N) is 1. The zero-order chi connectivity index (χ0) is 50.3. The molecule has 10 rings (SSSR count). The fourth-order valence-electron chi connectivity index (χ4n) is 8.47. The molecule has 2 radical (unpaired) electrons. The number of fused-ring (bicyclic) bond motifs is 4. The number of Topliss-reactive ketones (excluding diaryl/α,β-unsaturated/α-hetero) is 2. The number of hydrogen-bond donors (Lipinski definition) is 2. The molecule has 6 aromatic rings. The van der Waals surface area contributed by atoms with Crippen LogP contribution in [0.1, 0.15) is 36.4 Å². The Balaban J connectivity index is 0.000000317. The number of cyclic esters (lactones) is 2. The van der Waals surface area contributed by atoms with E-state index in [1.807, 2.05) is 13.8 Å². The third-order valence-corrected chi connectivity index (χ3v) is 11.9. The van der Waals surface area contributed by atoms with Gasteiger partial charge in [-0.1, -0.05) is 0 Å². The van der Waals surface area contributed by atoms with Crippen molar-refractivity contribution < 1.29 is 88.8 Å². The molecule has 4 aromatic heterocycles. The monoisotopic (exact) mass is 1160 g/mol. The van der Waals surface area contributed by atoms with Gasteiger partial charge in [-0.3, -0.25) is 29.0 Å². The van der Waals surface area contributed by atoms with Gasteiger partial charge in [0.15, 0.2) is 23.2 Å². The zero-order valence-electron chi connectivity index (χ0n) is 41.5. The van der Waals surface area contributed by atoms with Gasteiger partial charge < -0.3 is 51.4 Å². The SMILES string of the molecule is CCn1c(=O)ccc2ccc(F)c(CC=O)c21.CCn1c(=O)ccc2ccc(F)c(CCNC[C@H]3CN(c4cnc5c(n4)CC(=O)CO5)C(=O)O3)c21.NC[C@H]1CN(c2cnc3c(n2)CC(=O)CO3)C(=O)O1.S.S.[CH3-].[V].[V]. The van der Waals surface area contributed by atoms with Crippen molar-refractivity contribution in [2.75, 3.05) is 55.7 Å². The molecule has 0 unspecified atom stereocenters. The molecule has 2 atom stereocenters. The number of benzene rings is 2. The Bertz CT molecular complexity index is 3210. The standard InChI is InChI=1S/C24H24FN5O5.C13H12FNO2.C11H12N4O4.CH3.2H2S.2V/c1-2-29-21(32)6-4-14-3-5-18(25)17(22(14)29)7-8-26-10-16-12-30(24(33)35-16)20-11-27-23-19(28-20)9-15(31)13-34-23;1-2-15-12(17)6-4-9-3-5-11(14)10(7-8-16)13(9)15;12-2-7-4-15(11(17)19-7)9-3-13-10-8(14-9)1-6(16)5-18-10;;;;;/h3-6,11,16,26H,2,7-10,12-13H2,1H3;3-6,8H,2,7H2,1H3;3,7H,1-2,4-5,12H2;1H3;2*1H2;;/q;;;-1;;;;/t16-;;7-;;;;;/m0.0...../s1. The Hall–Kier alpha value is -6.18. The molecule has 3 N–H and O–H groups in total. The topological polar surface area (TPSA) is 262 Å². The van der Waals surface area contributed by atoms with Crippen LogP contribution in [-0.4, -0.2) is 117 Å². The number of aldehydes is 1. The van der Waals surface area contributed by atoms with Gasteiger partial charge >= 0.3 is 12.2 Å². The molecule has 0 aliphatic carbocycles. The van der Waals surface area contributed by atoms with Crippen LogP contribution in [0.2, 0.25) is 0 Å². The first-order chi connectivity index (χ1) is 34.3. The summed E-state index contributed by atoms with van der Waals surface area (Å²) in [5.74, 6) is 0.301. The molecule has 2 fully saturated rings. The summed E-state index contributed by atoms with van der Waals surface area (Å²) >= 11 is 0. The van der Waals surface area contributed by atoms with Gasteiger partial charge in [0.2, 0.25) is 11.8 Å². The number of carbonyl (C=O) groups excluding carboxylic acids is 5. The van der Waals surface area contributed by atoms with Crippen molar-refractivity contribution in [3.8, 4) is 11.8 Å². The van der Waals surface area contributed by atoms with Gasteiger partial charge in [0.05, 0.1) is 49.4 Å². The average Bonchev–Trinajstić information content (AvgIpc) is 3.95. The summed E-state index contributed by atoms with van der Waals surface area (Å²) in [4.78, 5) is 101. The van der Waals surface area contributed by atoms with Crippen LogP contribution >= 0.6 is 27.0 Å². The third kappa shape index (κ3) is 14.2. The number of hydrogen-bond acceptors (Lipinski definition) is 17. The quantitative estimate of drug-likeness (QED) is 0.101. The summed E-state index contributed by atoms with van der Waals surface area (Å²) in [6.07, 6.45) is 2.27. The van der Waals surface area contributed by atoms with E-state index in [1.54, 1.807) is 28.8 Å². The number of amides is 2. The number of nitrogens with one attached hydrogen (secondary N) is 1. The van der Waals surface area contributed by atoms with Gasteiger partial charge in [-0.15, -0.1) is 0 Å². The number of aromatic nitrogens is 6. The van der Waals surface area contributed by atoms with Crippen LogP contribution in [0.5, 0.6) is 11.8 Å². The largest absolute Gasteiger partial charge is 0.468 e. The molecular weight excluding hydrogens is 1110 g/mol. The van der Waals surface area contributed by atoms with Crippen LogP contribution in [-0.2, 0) is 99.7 Å². The van der Waals surface area contributed by atoms with E-state index < -0.39 is 24.1 Å². The number of rotatable bonds is 12. The normalized spacial score (nSPS) is 15.9. The molecular formula is C49H55F2N10O11S2V2-. The van der Waals surface area contributed by atoms with Gasteiger partial charge in [0.25, 0.3) is 11.1 Å². The molecule has 21 nitrogen and oxygen atoms in total. The summed E-state index contributed by atoms with van der Waals surface area (Å²) in [5.41, 5.74) is 7.84. The third-order valence-electron chi connectivity index (χ3n) is 11.9. The van der Waals surface area contributed by atoms with E-state index in [2.05, 4.69) is 25.3 Å². The maximum Gasteiger partial charge on any atom is 0.416 e. The summed E-state index contributed by atoms with van der Waals surface area (Å²) in [6, 6.07) is 12.3. The van der Waals surface area contributed by atoms with E-state index in [1.165, 1.54) is 51.0 Å². The molecule has 2 amide bonds. The van der Waals surface area contributed by atoms with Gasteiger partial charge in [-0.2, -0.15) is 27.0 Å². The van der Waals surface area contributed by atoms with Crippen LogP contribution in [0.25, 0.3) is 21.8 Å². The van der Waals surface area contributed by atoms with Crippen molar-refractivity contribution in [2.24, 2.45) is 5.73 Å². The summed E-state index contributed by atoms with van der Waals surface area (Å²) in [6.45, 7) is 6.17. The predicted octanol–water partition coefficient (Wildman–Crippen LogP) is 3.45. The van der Waals surface area contributed by atoms with Crippen LogP contribution in [0.3, 0.4) is 0 Å². The van der Waals surface area contributed by atoms with E-state index in [4.69, 9.17) is 24.7 Å². The second kappa shape index (κ2) is 28.8. The number of anilines is 2. The van der Waals surface area contributed by atoms with Gasteiger partial charge in [-0.25, -0.2) is 38.3 Å². The van der Waals surface area contributed by atoms with Crippen LogP contribution in [0.4, 0.5) is 30.0 Å². The van der Waals surface area contributed by atoms with Crippen molar-refractivity contribution in [3.05, 3.63) is 123 Å². The molecule has 2 saturated heterocycles. The number of pyridine rings is 2. The summed E-state index contributed by atoms with van der Waals surface area (Å²) < 4.78 is 52.3. The Morgan fingerprint density at radius 3 is 1.59 bits per heavy atom. The van der Waals surface area contributed by atoms with Crippen molar-refractivity contribution in [1.82, 2.24) is 34.4 Å². The smallest absolute Gasteiger partial charge is 0.416 e. The molecule has 8 heterocycles. The van der Waals surface area contributed by atoms with Gasteiger partial charge in [0.1, 0.15) is 54.7 Å². The number of aryl methyl sites for hydroxylation is 2. The molecule has 0 bridgehead atoms. The van der Waals surface area contributed by atoms with E-state index in [9.17, 15) is 42.3 Å². The molecule has 76 heavy (non-hydrogen) atoms. The molecule has 0 spiro atoms. The minimum atomic E-state index is -0.554. The minimum Gasteiger partial charge on any atom is -0.468 e. The van der Waals surface area contributed by atoms with Crippen molar-refractivity contribution in [2.45, 2.75) is 64.8 Å². The Kier molecular flexibility index (Phi) is 24.3. The van der Waals surface area contributed by atoms with E-state index in [-0.39, 0.29) is 157 Å². The first-order valence-corrected chi connectivity index (χ1v) is 22.7. The second-order valence-electron chi connectivity index (χ2n) is 16.5. The summed E-state index contributed by atoms with van der Waals surface area (Å²) in [5, 5.41) is 4.78. The molecule has 4 aliphatic rings. The first-order valence-electron chi connectivity index (χ1n) is 22.7. The molecule has 2 aromatic carbocycles. The Morgan fingerprint density at radius 1 is 0.684 bits per heavy atom. The van der Waals surface area contributed by atoms with Crippen molar-refractivity contribution in [3.63, 3.8) is 0 Å². The maximum atomic E-state index is 14.7. The van der Waals surface area contributed by atoms with Crippen LogP contribution < -0.4 is 41.4 Å². The van der Waals surface area contributed by atoms with E-state index >= 15 is 0 Å². The fourth-order valence-corrected chi connectivity index (χ4v) is 8.47. The maximum absolute atomic E-state index is 14.7. The van der Waals surface area contributed by atoms with Crippen LogP contribution in [0, 0.1) is 19.1 Å². The first kappa shape index (κ1) is 64.1. The fraction of sp³-hybridized carbons (Fsp3) is 0.347. The number of ether oxygens (including phenoxy) is 4. The zero-order valence-corrected chi connectivity index (χ0v) is 46.3. The minimum absolute atomic E-state index is 0. The van der Waals surface area contributed by atoms with E-state index in [0.29, 0.717) is 96.8 Å². The van der Waals surface area contributed by atoms with Crippen molar-refractivity contribution in [1.29, 1.82) is 0 Å². The predicted molar refractivity (Wildman–Crippen MR) is 278 cm³/mol.